The summed E-state index contributed by atoms with van der Waals surface area (Å²) in [5.41, 5.74) is 17.1. The van der Waals surface area contributed by atoms with E-state index in [1.165, 1.54) is 87.9 Å². The highest BCUT2D eigenvalue weighted by Crippen LogP contribution is 2.45. The van der Waals surface area contributed by atoms with Crippen molar-refractivity contribution in [2.75, 3.05) is 4.90 Å². The molecule has 2 atom stereocenters. The standard InChI is InChI=1S/C64H54N2/c1-5-43(3)48-29-38-61-58(40-48)59-41-49(44(4)6-2)30-39-62(59)66(61)54-35-33-53(34-36-54)65(51-22-14-9-15-23-51)52-31-26-45(27-32-52)50-28-37-57-60(42-50)64(47-20-12-8-13-21-47)56-25-17-16-24-55(56)63(57)46-18-10-7-11-19-46/h7-44H,5-6H2,1-4H3. The smallest absolute Gasteiger partial charge is 0.0541 e. The number of hydrogen-bond acceptors (Lipinski definition) is 1. The highest BCUT2D eigenvalue weighted by atomic mass is 15.1. The van der Waals surface area contributed by atoms with Crippen LogP contribution in [0.2, 0.25) is 0 Å². The van der Waals surface area contributed by atoms with Crippen molar-refractivity contribution in [1.29, 1.82) is 0 Å². The second-order valence-electron chi connectivity index (χ2n) is 18.0. The summed E-state index contributed by atoms with van der Waals surface area (Å²) in [7, 11) is 0. The van der Waals surface area contributed by atoms with Crippen LogP contribution in [0.5, 0.6) is 0 Å². The third-order valence-electron chi connectivity index (χ3n) is 14.2. The first-order valence-electron chi connectivity index (χ1n) is 23.7. The third-order valence-corrected chi connectivity index (χ3v) is 14.2. The van der Waals surface area contributed by atoms with Crippen LogP contribution < -0.4 is 4.90 Å². The number of benzene rings is 10. The van der Waals surface area contributed by atoms with Crippen molar-refractivity contribution in [1.82, 2.24) is 4.57 Å². The Morgan fingerprint density at radius 3 is 1.29 bits per heavy atom. The van der Waals surface area contributed by atoms with Crippen LogP contribution in [0, 0.1) is 0 Å². The molecule has 0 bridgehead atoms. The minimum absolute atomic E-state index is 0.511. The van der Waals surface area contributed by atoms with Gasteiger partial charge in [0.05, 0.1) is 11.0 Å². The predicted octanol–water partition coefficient (Wildman–Crippen LogP) is 18.6. The molecule has 2 heteroatoms. The van der Waals surface area contributed by atoms with Gasteiger partial charge in [0.25, 0.3) is 0 Å². The predicted molar refractivity (Wildman–Crippen MR) is 284 cm³/mol. The molecule has 2 nitrogen and oxygen atoms in total. The van der Waals surface area contributed by atoms with Gasteiger partial charge in [-0.25, -0.2) is 0 Å². The Bertz CT molecular complexity index is 3430. The average molecular weight is 851 g/mol. The van der Waals surface area contributed by atoms with Gasteiger partial charge in [-0.1, -0.05) is 167 Å². The van der Waals surface area contributed by atoms with Crippen molar-refractivity contribution in [2.45, 2.75) is 52.4 Å². The zero-order valence-electron chi connectivity index (χ0n) is 38.2. The first-order chi connectivity index (χ1) is 32.5. The summed E-state index contributed by atoms with van der Waals surface area (Å²) in [6.45, 7) is 9.24. The molecule has 1 heterocycles. The zero-order chi connectivity index (χ0) is 44.7. The van der Waals surface area contributed by atoms with Gasteiger partial charge in [-0.3, -0.25) is 0 Å². The van der Waals surface area contributed by atoms with Gasteiger partial charge in [-0.05, 0) is 170 Å². The van der Waals surface area contributed by atoms with Gasteiger partial charge in [-0.15, -0.1) is 0 Å². The van der Waals surface area contributed by atoms with E-state index in [0.29, 0.717) is 11.8 Å². The maximum absolute atomic E-state index is 2.45. The summed E-state index contributed by atoms with van der Waals surface area (Å²) in [5, 5.41) is 7.69. The van der Waals surface area contributed by atoms with Gasteiger partial charge >= 0.3 is 0 Å². The fraction of sp³-hybridized carbons (Fsp3) is 0.125. The molecule has 11 aromatic rings. The molecule has 0 saturated heterocycles. The number of aromatic nitrogens is 1. The normalized spacial score (nSPS) is 12.5. The lowest BCUT2D eigenvalue weighted by Crippen LogP contribution is -2.10. The van der Waals surface area contributed by atoms with Crippen LogP contribution in [0.1, 0.15) is 63.5 Å². The van der Waals surface area contributed by atoms with E-state index in [1.54, 1.807) is 0 Å². The summed E-state index contributed by atoms with van der Waals surface area (Å²) < 4.78 is 2.45. The van der Waals surface area contributed by atoms with E-state index < -0.39 is 0 Å². The van der Waals surface area contributed by atoms with Crippen LogP contribution in [0.15, 0.2) is 218 Å². The first kappa shape index (κ1) is 41.1. The third kappa shape index (κ3) is 7.24. The summed E-state index contributed by atoms with van der Waals surface area (Å²) >= 11 is 0. The zero-order valence-corrected chi connectivity index (χ0v) is 38.2. The van der Waals surface area contributed by atoms with Crippen molar-refractivity contribution >= 4 is 60.4 Å². The lowest BCUT2D eigenvalue weighted by molar-refractivity contribution is 0.734. The Labute approximate surface area is 389 Å². The SMILES string of the molecule is CCC(C)c1ccc2c(c1)c1cc(C(C)CC)ccc1n2-c1ccc(N(c2ccccc2)c2ccc(-c3ccc4c(-c5ccccc5)c5ccccc5c(-c5ccccc5)c4c3)cc2)cc1. The maximum Gasteiger partial charge on any atom is 0.0541 e. The largest absolute Gasteiger partial charge is 0.311 e. The second kappa shape index (κ2) is 17.4. The summed E-state index contributed by atoms with van der Waals surface area (Å²) in [4.78, 5) is 2.36. The van der Waals surface area contributed by atoms with Gasteiger partial charge in [0.1, 0.15) is 0 Å². The summed E-state index contributed by atoms with van der Waals surface area (Å²) in [5.74, 6) is 1.02. The number of rotatable bonds is 11. The van der Waals surface area contributed by atoms with Crippen molar-refractivity contribution < 1.29 is 0 Å². The van der Waals surface area contributed by atoms with Gasteiger partial charge in [0.2, 0.25) is 0 Å². The molecule has 66 heavy (non-hydrogen) atoms. The van der Waals surface area contributed by atoms with Gasteiger partial charge in [0, 0.05) is 33.5 Å². The lowest BCUT2D eigenvalue weighted by Gasteiger charge is -2.26. The number of hydrogen-bond donors (Lipinski definition) is 0. The van der Waals surface area contributed by atoms with E-state index in [4.69, 9.17) is 0 Å². The van der Waals surface area contributed by atoms with Crippen LogP contribution >= 0.6 is 0 Å². The van der Waals surface area contributed by atoms with Crippen molar-refractivity contribution in [3.05, 3.63) is 230 Å². The Balaban J connectivity index is 1.00. The van der Waals surface area contributed by atoms with Crippen molar-refractivity contribution in [3.63, 3.8) is 0 Å². The maximum atomic E-state index is 2.45. The molecule has 0 radical (unpaired) electrons. The Morgan fingerprint density at radius 2 is 0.773 bits per heavy atom. The van der Waals surface area contributed by atoms with Gasteiger partial charge in [0.15, 0.2) is 0 Å². The molecule has 10 aromatic carbocycles. The Morgan fingerprint density at radius 1 is 0.348 bits per heavy atom. The average Bonchev–Trinajstić information content (AvgIpc) is 3.71. The quantitative estimate of drug-likeness (QED) is 0.118. The lowest BCUT2D eigenvalue weighted by atomic mass is 9.85. The molecule has 320 valence electrons. The van der Waals surface area contributed by atoms with Crippen LogP contribution in [-0.2, 0) is 0 Å². The molecule has 0 aliphatic carbocycles. The van der Waals surface area contributed by atoms with E-state index in [2.05, 4.69) is 256 Å². The fourth-order valence-electron chi connectivity index (χ4n) is 10.2. The van der Waals surface area contributed by atoms with E-state index >= 15 is 0 Å². The molecule has 11 rings (SSSR count). The molecule has 0 fully saturated rings. The second-order valence-corrected chi connectivity index (χ2v) is 18.0. The summed E-state index contributed by atoms with van der Waals surface area (Å²) in [6.07, 6.45) is 2.24. The molecular formula is C64H54N2. The Hall–Kier alpha value is -7.68. The van der Waals surface area contributed by atoms with E-state index in [1.807, 2.05) is 0 Å². The number of para-hydroxylation sites is 1. The van der Waals surface area contributed by atoms with E-state index in [-0.39, 0.29) is 0 Å². The van der Waals surface area contributed by atoms with Gasteiger partial charge < -0.3 is 9.47 Å². The number of nitrogens with zero attached hydrogens (tertiary/aromatic N) is 2. The van der Waals surface area contributed by atoms with Crippen LogP contribution in [0.25, 0.3) is 82.4 Å². The molecule has 0 aliphatic heterocycles. The molecule has 0 aliphatic rings. The van der Waals surface area contributed by atoms with Crippen molar-refractivity contribution in [2.24, 2.45) is 0 Å². The minimum Gasteiger partial charge on any atom is -0.311 e. The molecule has 0 saturated carbocycles. The van der Waals surface area contributed by atoms with E-state index in [9.17, 15) is 0 Å². The highest BCUT2D eigenvalue weighted by molar-refractivity contribution is 6.22. The first-order valence-corrected chi connectivity index (χ1v) is 23.7. The fourth-order valence-corrected chi connectivity index (χ4v) is 10.2. The molecule has 0 amide bonds. The number of anilines is 3. The minimum atomic E-state index is 0.511. The molecule has 2 unspecified atom stereocenters. The topological polar surface area (TPSA) is 8.17 Å². The van der Waals surface area contributed by atoms with Crippen LogP contribution in [0.4, 0.5) is 17.1 Å². The number of fused-ring (bicyclic) bond motifs is 5. The molecule has 0 spiro atoms. The Kier molecular flexibility index (Phi) is 10.8. The van der Waals surface area contributed by atoms with E-state index in [0.717, 1.165) is 35.6 Å². The van der Waals surface area contributed by atoms with Crippen LogP contribution in [0.3, 0.4) is 0 Å². The van der Waals surface area contributed by atoms with Gasteiger partial charge in [-0.2, -0.15) is 0 Å². The monoisotopic (exact) mass is 850 g/mol. The molecule has 1 aromatic heterocycles. The van der Waals surface area contributed by atoms with Crippen molar-refractivity contribution in [3.8, 4) is 39.1 Å². The highest BCUT2D eigenvalue weighted by Gasteiger charge is 2.20. The summed E-state index contributed by atoms with van der Waals surface area (Å²) in [6, 6.07) is 80.8. The van der Waals surface area contributed by atoms with Crippen LogP contribution in [-0.4, -0.2) is 4.57 Å². The molecule has 0 N–H and O–H groups in total. The molecular weight excluding hydrogens is 797 g/mol.